The first-order valence-corrected chi connectivity index (χ1v) is 8.26. The summed E-state index contributed by atoms with van der Waals surface area (Å²) in [6, 6.07) is 6.18. The van der Waals surface area contributed by atoms with Crippen LogP contribution in [0.4, 0.5) is 0 Å². The van der Waals surface area contributed by atoms with Gasteiger partial charge in [-0.1, -0.05) is 31.4 Å². The molecule has 3 rings (SSSR count). The Kier molecular flexibility index (Phi) is 4.20. The maximum atomic E-state index is 12.8. The minimum atomic E-state index is -0.769. The zero-order valence-electron chi connectivity index (χ0n) is 13.6. The second-order valence-corrected chi connectivity index (χ2v) is 6.44. The first-order chi connectivity index (χ1) is 11.0. The zero-order valence-corrected chi connectivity index (χ0v) is 13.6. The monoisotopic (exact) mass is 314 g/mol. The van der Waals surface area contributed by atoms with Crippen molar-refractivity contribution >= 4 is 17.7 Å². The molecule has 23 heavy (non-hydrogen) atoms. The largest absolute Gasteiger partial charge is 0.341 e. The van der Waals surface area contributed by atoms with Crippen LogP contribution < -0.4 is 0 Å². The lowest BCUT2D eigenvalue weighted by Gasteiger charge is -2.34. The van der Waals surface area contributed by atoms with Crippen LogP contribution in [0, 0.1) is 0 Å². The molecular weight excluding hydrogens is 292 g/mol. The number of likely N-dealkylation sites (N-methyl/N-ethyl adjacent to an activating group) is 1. The molecule has 5 heteroatoms. The first-order valence-electron chi connectivity index (χ1n) is 8.26. The van der Waals surface area contributed by atoms with Gasteiger partial charge in [0, 0.05) is 13.1 Å². The lowest BCUT2D eigenvalue weighted by atomic mass is 9.94. The fourth-order valence-electron chi connectivity index (χ4n) is 3.61. The van der Waals surface area contributed by atoms with Crippen LogP contribution in [0.1, 0.15) is 59.7 Å². The van der Waals surface area contributed by atoms with E-state index in [1.807, 2.05) is 0 Å². The molecule has 0 spiro atoms. The number of benzene rings is 1. The lowest BCUT2D eigenvalue weighted by molar-refractivity contribution is -0.136. The molecule has 1 aromatic rings. The second-order valence-electron chi connectivity index (χ2n) is 6.44. The molecule has 0 aromatic heterocycles. The van der Waals surface area contributed by atoms with Gasteiger partial charge in [0.05, 0.1) is 11.1 Å². The number of carbonyl (C=O) groups is 3. The third-order valence-corrected chi connectivity index (χ3v) is 5.04. The van der Waals surface area contributed by atoms with Crippen molar-refractivity contribution in [2.24, 2.45) is 0 Å². The Morgan fingerprint density at radius 2 is 1.61 bits per heavy atom. The van der Waals surface area contributed by atoms with E-state index in [2.05, 4.69) is 0 Å². The van der Waals surface area contributed by atoms with Crippen molar-refractivity contribution < 1.29 is 14.4 Å². The van der Waals surface area contributed by atoms with E-state index >= 15 is 0 Å². The summed E-state index contributed by atoms with van der Waals surface area (Å²) in [6.07, 6.45) is 5.47. The highest BCUT2D eigenvalue weighted by molar-refractivity contribution is 6.22. The Morgan fingerprint density at radius 1 is 1.09 bits per heavy atom. The summed E-state index contributed by atoms with van der Waals surface area (Å²) in [6.45, 7) is 1.64. The van der Waals surface area contributed by atoms with E-state index in [1.54, 1.807) is 43.1 Å². The number of carbonyl (C=O) groups excluding carboxylic acids is 3. The van der Waals surface area contributed by atoms with E-state index in [-0.39, 0.29) is 23.8 Å². The van der Waals surface area contributed by atoms with Gasteiger partial charge in [-0.15, -0.1) is 0 Å². The van der Waals surface area contributed by atoms with Gasteiger partial charge in [0.2, 0.25) is 5.91 Å². The quantitative estimate of drug-likeness (QED) is 0.805. The molecule has 122 valence electrons. The molecule has 2 aliphatic rings. The molecule has 1 unspecified atom stereocenters. The molecule has 1 heterocycles. The van der Waals surface area contributed by atoms with E-state index in [0.29, 0.717) is 11.1 Å². The minimum absolute atomic E-state index is 0.161. The average molecular weight is 314 g/mol. The van der Waals surface area contributed by atoms with Crippen molar-refractivity contribution in [3.8, 4) is 0 Å². The fourth-order valence-corrected chi connectivity index (χ4v) is 3.61. The van der Waals surface area contributed by atoms with Crippen LogP contribution in [-0.4, -0.2) is 46.7 Å². The van der Waals surface area contributed by atoms with Crippen LogP contribution in [0.3, 0.4) is 0 Å². The van der Waals surface area contributed by atoms with E-state index in [0.717, 1.165) is 30.6 Å². The number of nitrogens with zero attached hydrogens (tertiary/aromatic N) is 2. The Hall–Kier alpha value is -2.17. The number of hydrogen-bond acceptors (Lipinski definition) is 3. The van der Waals surface area contributed by atoms with Gasteiger partial charge in [0.15, 0.2) is 0 Å². The van der Waals surface area contributed by atoms with Gasteiger partial charge in [-0.2, -0.15) is 0 Å². The van der Waals surface area contributed by atoms with E-state index < -0.39 is 6.04 Å². The second kappa shape index (κ2) is 6.14. The summed E-state index contributed by atoms with van der Waals surface area (Å²) >= 11 is 0. The maximum absolute atomic E-state index is 12.8. The number of rotatable bonds is 3. The van der Waals surface area contributed by atoms with Gasteiger partial charge >= 0.3 is 0 Å². The molecule has 1 atom stereocenters. The SMILES string of the molecule is CC(C(=O)N(C)C1CCCCC1)N1C(=O)c2ccccc2C1=O. The number of fused-ring (bicyclic) bond motifs is 1. The molecule has 0 radical (unpaired) electrons. The number of hydrogen-bond donors (Lipinski definition) is 0. The van der Waals surface area contributed by atoms with Crippen molar-refractivity contribution in [1.82, 2.24) is 9.80 Å². The van der Waals surface area contributed by atoms with Crippen LogP contribution >= 0.6 is 0 Å². The summed E-state index contributed by atoms with van der Waals surface area (Å²) in [4.78, 5) is 40.6. The van der Waals surface area contributed by atoms with Crippen LogP contribution in [0.15, 0.2) is 24.3 Å². The molecule has 1 saturated carbocycles. The van der Waals surface area contributed by atoms with Gasteiger partial charge in [-0.3, -0.25) is 19.3 Å². The van der Waals surface area contributed by atoms with Gasteiger partial charge in [0.1, 0.15) is 6.04 Å². The Bertz CT molecular complexity index is 614. The van der Waals surface area contributed by atoms with Gasteiger partial charge in [-0.05, 0) is 31.9 Å². The zero-order chi connectivity index (χ0) is 16.6. The van der Waals surface area contributed by atoms with Crippen molar-refractivity contribution in [1.29, 1.82) is 0 Å². The normalized spacial score (nSPS) is 19.7. The average Bonchev–Trinajstić information content (AvgIpc) is 2.85. The number of amides is 3. The Labute approximate surface area is 136 Å². The van der Waals surface area contributed by atoms with Crippen molar-refractivity contribution in [3.05, 3.63) is 35.4 Å². The van der Waals surface area contributed by atoms with Crippen molar-refractivity contribution in [2.45, 2.75) is 51.1 Å². The summed E-state index contributed by atoms with van der Waals surface area (Å²) in [5.74, 6) is -0.904. The number of imide groups is 1. The topological polar surface area (TPSA) is 57.7 Å². The lowest BCUT2D eigenvalue weighted by Crippen LogP contribution is -2.51. The van der Waals surface area contributed by atoms with E-state index in [4.69, 9.17) is 0 Å². The summed E-state index contributed by atoms with van der Waals surface area (Å²) < 4.78 is 0. The molecule has 1 fully saturated rings. The Morgan fingerprint density at radius 3 is 2.13 bits per heavy atom. The summed E-state index contributed by atoms with van der Waals surface area (Å²) in [7, 11) is 1.78. The molecule has 1 aromatic carbocycles. The predicted molar refractivity (Wildman–Crippen MR) is 86.0 cm³/mol. The van der Waals surface area contributed by atoms with Gasteiger partial charge in [0.25, 0.3) is 11.8 Å². The molecule has 1 aliphatic carbocycles. The molecule has 0 N–H and O–H groups in total. The Balaban J connectivity index is 1.78. The van der Waals surface area contributed by atoms with Gasteiger partial charge < -0.3 is 4.90 Å². The molecule has 3 amide bonds. The molecule has 0 saturated heterocycles. The van der Waals surface area contributed by atoms with Crippen LogP contribution in [0.5, 0.6) is 0 Å². The van der Waals surface area contributed by atoms with E-state index in [9.17, 15) is 14.4 Å². The van der Waals surface area contributed by atoms with Crippen LogP contribution in [0.2, 0.25) is 0 Å². The molecule has 0 bridgehead atoms. The van der Waals surface area contributed by atoms with Crippen LogP contribution in [-0.2, 0) is 4.79 Å². The highest BCUT2D eigenvalue weighted by Crippen LogP contribution is 2.27. The first kappa shape index (κ1) is 15.7. The van der Waals surface area contributed by atoms with E-state index in [1.165, 1.54) is 6.42 Å². The summed E-state index contributed by atoms with van der Waals surface area (Å²) in [5, 5.41) is 0. The highest BCUT2D eigenvalue weighted by atomic mass is 16.2. The molecule has 1 aliphatic heterocycles. The maximum Gasteiger partial charge on any atom is 0.262 e. The predicted octanol–water partition coefficient (Wildman–Crippen LogP) is 2.46. The highest BCUT2D eigenvalue weighted by Gasteiger charge is 2.42. The fraction of sp³-hybridized carbons (Fsp3) is 0.500. The molecular formula is C18H22N2O3. The molecule has 5 nitrogen and oxygen atoms in total. The smallest absolute Gasteiger partial charge is 0.262 e. The van der Waals surface area contributed by atoms with Crippen LogP contribution in [0.25, 0.3) is 0 Å². The standard InChI is InChI=1S/C18H22N2O3/c1-12(16(21)19(2)13-8-4-3-5-9-13)20-17(22)14-10-6-7-11-15(14)18(20)23/h6-7,10-13H,3-5,8-9H2,1-2H3. The van der Waals surface area contributed by atoms with Gasteiger partial charge in [-0.25, -0.2) is 0 Å². The summed E-state index contributed by atoms with van der Waals surface area (Å²) in [5.41, 5.74) is 0.773. The minimum Gasteiger partial charge on any atom is -0.341 e. The third-order valence-electron chi connectivity index (χ3n) is 5.04. The van der Waals surface area contributed by atoms with Crippen molar-refractivity contribution in [2.75, 3.05) is 7.05 Å². The van der Waals surface area contributed by atoms with Crippen molar-refractivity contribution in [3.63, 3.8) is 0 Å². The third kappa shape index (κ3) is 2.64.